The number of nitrogens with zero attached hydrogens (tertiary/aromatic N) is 1. The minimum Gasteiger partial charge on any atom is -0.312 e. The number of benzene rings is 1. The van der Waals surface area contributed by atoms with Crippen LogP contribution in [0.15, 0.2) is 29.2 Å². The van der Waals surface area contributed by atoms with Gasteiger partial charge in [-0.15, -0.1) is 11.8 Å². The molecule has 0 radical (unpaired) electrons. The maximum Gasteiger partial charge on any atom is 0.123 e. The van der Waals surface area contributed by atoms with Crippen LogP contribution in [-0.2, 0) is 0 Å². The van der Waals surface area contributed by atoms with E-state index in [9.17, 15) is 4.39 Å². The molecule has 1 aromatic carbocycles. The zero-order valence-electron chi connectivity index (χ0n) is 11.1. The summed E-state index contributed by atoms with van der Waals surface area (Å²) in [5.41, 5.74) is 0. The molecule has 0 saturated carbocycles. The molecule has 4 heteroatoms. The van der Waals surface area contributed by atoms with E-state index in [4.69, 9.17) is 0 Å². The summed E-state index contributed by atoms with van der Waals surface area (Å²) < 4.78 is 12.8. The van der Waals surface area contributed by atoms with Gasteiger partial charge in [0.1, 0.15) is 5.82 Å². The predicted molar refractivity (Wildman–Crippen MR) is 78.1 cm³/mol. The van der Waals surface area contributed by atoms with Crippen molar-refractivity contribution in [2.75, 3.05) is 31.9 Å². The Morgan fingerprint density at radius 2 is 2.11 bits per heavy atom. The molecule has 2 aliphatic rings. The normalized spacial score (nSPS) is 27.4. The number of piperidine rings is 1. The third kappa shape index (κ3) is 3.50. The van der Waals surface area contributed by atoms with Crippen molar-refractivity contribution in [1.82, 2.24) is 10.2 Å². The van der Waals surface area contributed by atoms with Crippen molar-refractivity contribution in [3.05, 3.63) is 30.1 Å². The number of hydrogen-bond donors (Lipinski definition) is 1. The van der Waals surface area contributed by atoms with Gasteiger partial charge >= 0.3 is 0 Å². The molecule has 1 N–H and O–H groups in total. The van der Waals surface area contributed by atoms with Crippen LogP contribution in [0.3, 0.4) is 0 Å². The summed E-state index contributed by atoms with van der Waals surface area (Å²) in [6, 6.07) is 7.54. The molecular formula is C15H21FN2S. The molecule has 0 aromatic heterocycles. The lowest BCUT2D eigenvalue weighted by Crippen LogP contribution is -2.40. The van der Waals surface area contributed by atoms with Gasteiger partial charge in [-0.3, -0.25) is 0 Å². The van der Waals surface area contributed by atoms with E-state index < -0.39 is 0 Å². The van der Waals surface area contributed by atoms with Crippen LogP contribution in [-0.4, -0.2) is 42.9 Å². The van der Waals surface area contributed by atoms with Crippen LogP contribution < -0.4 is 5.32 Å². The van der Waals surface area contributed by atoms with E-state index in [-0.39, 0.29) is 5.82 Å². The highest BCUT2D eigenvalue weighted by Gasteiger charge is 2.33. The number of fused-ring (bicyclic) bond motifs is 1. The van der Waals surface area contributed by atoms with Crippen LogP contribution in [0, 0.1) is 11.7 Å². The molecule has 0 aliphatic carbocycles. The topological polar surface area (TPSA) is 15.3 Å². The van der Waals surface area contributed by atoms with Gasteiger partial charge < -0.3 is 10.2 Å². The Balaban J connectivity index is 1.42. The standard InChI is InChI=1S/C15H21FN2S/c16-13-3-5-14(6-4-13)19-9-8-18-10-12-2-1-7-17-15(12)11-18/h3-6,12,15,17H,1-2,7-11H2. The summed E-state index contributed by atoms with van der Waals surface area (Å²) in [5, 5.41) is 3.64. The van der Waals surface area contributed by atoms with Crippen molar-refractivity contribution in [1.29, 1.82) is 0 Å². The van der Waals surface area contributed by atoms with E-state index in [1.165, 1.54) is 44.6 Å². The molecule has 0 spiro atoms. The second-order valence-electron chi connectivity index (χ2n) is 5.52. The summed E-state index contributed by atoms with van der Waals surface area (Å²) in [6.07, 6.45) is 2.72. The van der Waals surface area contributed by atoms with Gasteiger partial charge in [0.25, 0.3) is 0 Å². The smallest absolute Gasteiger partial charge is 0.123 e. The van der Waals surface area contributed by atoms with Gasteiger partial charge in [-0.05, 0) is 49.6 Å². The summed E-state index contributed by atoms with van der Waals surface area (Å²) in [4.78, 5) is 3.74. The van der Waals surface area contributed by atoms with Crippen molar-refractivity contribution in [2.24, 2.45) is 5.92 Å². The third-order valence-corrected chi connectivity index (χ3v) is 5.16. The average molecular weight is 280 g/mol. The first-order chi connectivity index (χ1) is 9.31. The van der Waals surface area contributed by atoms with Gasteiger partial charge in [-0.1, -0.05) is 0 Å². The molecule has 2 atom stereocenters. The fraction of sp³-hybridized carbons (Fsp3) is 0.600. The largest absolute Gasteiger partial charge is 0.312 e. The molecule has 2 saturated heterocycles. The molecule has 2 nitrogen and oxygen atoms in total. The molecule has 2 heterocycles. The molecule has 3 rings (SSSR count). The van der Waals surface area contributed by atoms with E-state index >= 15 is 0 Å². The van der Waals surface area contributed by atoms with Crippen LogP contribution in [0.5, 0.6) is 0 Å². The Kier molecular flexibility index (Phi) is 4.41. The fourth-order valence-corrected chi connectivity index (χ4v) is 4.06. The van der Waals surface area contributed by atoms with Gasteiger partial charge in [-0.25, -0.2) is 4.39 Å². The summed E-state index contributed by atoms with van der Waals surface area (Å²) in [7, 11) is 0. The summed E-state index contributed by atoms with van der Waals surface area (Å²) >= 11 is 1.82. The van der Waals surface area contributed by atoms with Crippen LogP contribution in [0.4, 0.5) is 4.39 Å². The molecule has 104 valence electrons. The van der Waals surface area contributed by atoms with E-state index in [1.807, 2.05) is 23.9 Å². The van der Waals surface area contributed by atoms with Crippen LogP contribution in [0.1, 0.15) is 12.8 Å². The maximum absolute atomic E-state index is 12.8. The minimum atomic E-state index is -0.154. The second-order valence-corrected chi connectivity index (χ2v) is 6.69. The molecule has 2 fully saturated rings. The highest BCUT2D eigenvalue weighted by atomic mass is 32.2. The molecule has 19 heavy (non-hydrogen) atoms. The Labute approximate surface area is 118 Å². The van der Waals surface area contributed by atoms with Gasteiger partial charge in [0.05, 0.1) is 0 Å². The molecule has 0 amide bonds. The SMILES string of the molecule is Fc1ccc(SCCN2CC3CCCNC3C2)cc1. The summed E-state index contributed by atoms with van der Waals surface area (Å²) in [5.74, 6) is 1.80. The molecule has 2 aliphatic heterocycles. The molecule has 1 aromatic rings. The quantitative estimate of drug-likeness (QED) is 0.854. The van der Waals surface area contributed by atoms with E-state index in [2.05, 4.69) is 10.2 Å². The number of hydrogen-bond acceptors (Lipinski definition) is 3. The Hall–Kier alpha value is -0.580. The minimum absolute atomic E-state index is 0.154. The first-order valence-electron chi connectivity index (χ1n) is 7.15. The first-order valence-corrected chi connectivity index (χ1v) is 8.14. The zero-order valence-corrected chi connectivity index (χ0v) is 12.0. The average Bonchev–Trinajstić information content (AvgIpc) is 2.83. The van der Waals surface area contributed by atoms with Crippen LogP contribution >= 0.6 is 11.8 Å². The maximum atomic E-state index is 12.8. The lowest BCUT2D eigenvalue weighted by atomic mass is 9.94. The lowest BCUT2D eigenvalue weighted by Gasteiger charge is -2.24. The Bertz CT molecular complexity index is 395. The van der Waals surface area contributed by atoms with Crippen molar-refractivity contribution >= 4 is 11.8 Å². The highest BCUT2D eigenvalue weighted by molar-refractivity contribution is 7.99. The van der Waals surface area contributed by atoms with Crippen molar-refractivity contribution in [3.63, 3.8) is 0 Å². The number of thioether (sulfide) groups is 1. The fourth-order valence-electron chi connectivity index (χ4n) is 3.14. The van der Waals surface area contributed by atoms with Gasteiger partial charge in [0.15, 0.2) is 0 Å². The first kappa shape index (κ1) is 13.4. The summed E-state index contributed by atoms with van der Waals surface area (Å²) in [6.45, 7) is 4.78. The van der Waals surface area contributed by atoms with Crippen molar-refractivity contribution in [3.8, 4) is 0 Å². The zero-order chi connectivity index (χ0) is 13.1. The Morgan fingerprint density at radius 1 is 1.26 bits per heavy atom. The lowest BCUT2D eigenvalue weighted by molar-refractivity contribution is 0.332. The Morgan fingerprint density at radius 3 is 2.89 bits per heavy atom. The number of nitrogens with one attached hydrogen (secondary N) is 1. The third-order valence-electron chi connectivity index (χ3n) is 4.16. The van der Waals surface area contributed by atoms with Gasteiger partial charge in [0, 0.05) is 36.3 Å². The van der Waals surface area contributed by atoms with Crippen molar-refractivity contribution in [2.45, 2.75) is 23.8 Å². The number of likely N-dealkylation sites (tertiary alicyclic amines) is 1. The van der Waals surface area contributed by atoms with E-state index in [0.717, 1.165) is 29.2 Å². The highest BCUT2D eigenvalue weighted by Crippen LogP contribution is 2.25. The molecular weight excluding hydrogens is 259 g/mol. The predicted octanol–water partition coefficient (Wildman–Crippen LogP) is 2.60. The second kappa shape index (κ2) is 6.25. The van der Waals surface area contributed by atoms with Crippen molar-refractivity contribution < 1.29 is 4.39 Å². The molecule has 2 unspecified atom stereocenters. The molecule has 0 bridgehead atoms. The van der Waals surface area contributed by atoms with E-state index in [0.29, 0.717) is 0 Å². The number of halogens is 1. The van der Waals surface area contributed by atoms with Crippen LogP contribution in [0.25, 0.3) is 0 Å². The monoisotopic (exact) mass is 280 g/mol. The number of rotatable bonds is 4. The van der Waals surface area contributed by atoms with Gasteiger partial charge in [0.2, 0.25) is 0 Å². The van der Waals surface area contributed by atoms with Gasteiger partial charge in [-0.2, -0.15) is 0 Å². The van der Waals surface area contributed by atoms with Crippen LogP contribution in [0.2, 0.25) is 0 Å². The van der Waals surface area contributed by atoms with E-state index in [1.54, 1.807) is 0 Å².